The summed E-state index contributed by atoms with van der Waals surface area (Å²) in [6.07, 6.45) is -0.342. The number of aromatic nitrogens is 1. The van der Waals surface area contributed by atoms with Crippen LogP contribution in [0, 0.1) is 0 Å². The van der Waals surface area contributed by atoms with Gasteiger partial charge in [-0.05, 0) is 12.5 Å². The fraction of sp³-hybridized carbons (Fsp3) is 0.231. The fourth-order valence-electron chi connectivity index (χ4n) is 1.46. The van der Waals surface area contributed by atoms with Crippen molar-refractivity contribution in [1.29, 1.82) is 0 Å². The zero-order valence-corrected chi connectivity index (χ0v) is 9.87. The van der Waals surface area contributed by atoms with Crippen molar-refractivity contribution in [3.05, 3.63) is 53.4 Å². The molecule has 5 nitrogen and oxygen atoms in total. The first kappa shape index (κ1) is 12.3. The summed E-state index contributed by atoms with van der Waals surface area (Å²) in [5.74, 6) is -0.705. The third kappa shape index (κ3) is 2.95. The van der Waals surface area contributed by atoms with Crippen molar-refractivity contribution in [2.75, 3.05) is 0 Å². The number of hydrogen-bond donors (Lipinski definition) is 1. The van der Waals surface area contributed by atoms with Gasteiger partial charge in [0, 0.05) is 6.07 Å². The minimum atomic E-state index is -1.11. The normalized spacial score (nSPS) is 12.3. The Labute approximate surface area is 104 Å². The van der Waals surface area contributed by atoms with Crippen LogP contribution in [-0.2, 0) is 11.3 Å². The smallest absolute Gasteiger partial charge is 0.358 e. The SMILES string of the molecule is CC(OCc1ccccc1)c1cc(C(=O)O)no1. The number of nitrogens with zero attached hydrogens (tertiary/aromatic N) is 1. The lowest BCUT2D eigenvalue weighted by atomic mass is 10.2. The van der Waals surface area contributed by atoms with E-state index in [1.165, 1.54) is 6.07 Å². The molecule has 18 heavy (non-hydrogen) atoms. The molecule has 0 fully saturated rings. The second kappa shape index (κ2) is 5.46. The fourth-order valence-corrected chi connectivity index (χ4v) is 1.46. The Bertz CT molecular complexity index is 521. The maximum Gasteiger partial charge on any atom is 0.358 e. The Morgan fingerprint density at radius 1 is 1.44 bits per heavy atom. The van der Waals surface area contributed by atoms with Crippen LogP contribution in [-0.4, -0.2) is 16.2 Å². The first-order valence-corrected chi connectivity index (χ1v) is 5.52. The molecule has 1 unspecified atom stereocenters. The highest BCUT2D eigenvalue weighted by atomic mass is 16.5. The molecule has 0 aliphatic carbocycles. The number of hydrogen-bond acceptors (Lipinski definition) is 4. The van der Waals surface area contributed by atoms with Gasteiger partial charge in [-0.25, -0.2) is 4.79 Å². The van der Waals surface area contributed by atoms with Gasteiger partial charge in [0.25, 0.3) is 0 Å². The van der Waals surface area contributed by atoms with Crippen LogP contribution in [0.3, 0.4) is 0 Å². The third-order valence-electron chi connectivity index (χ3n) is 2.49. The van der Waals surface area contributed by atoms with E-state index in [1.807, 2.05) is 30.3 Å². The number of benzene rings is 1. The molecule has 0 aliphatic rings. The predicted octanol–water partition coefficient (Wildman–Crippen LogP) is 2.65. The van der Waals surface area contributed by atoms with E-state index in [0.29, 0.717) is 12.4 Å². The van der Waals surface area contributed by atoms with E-state index < -0.39 is 5.97 Å². The average Bonchev–Trinajstić information content (AvgIpc) is 2.87. The maximum absolute atomic E-state index is 10.7. The van der Waals surface area contributed by atoms with Crippen LogP contribution in [0.1, 0.15) is 34.8 Å². The number of carbonyl (C=O) groups is 1. The van der Waals surface area contributed by atoms with E-state index in [2.05, 4.69) is 5.16 Å². The minimum Gasteiger partial charge on any atom is -0.476 e. The topological polar surface area (TPSA) is 72.6 Å². The first-order chi connectivity index (χ1) is 8.66. The molecule has 0 spiro atoms. The molecule has 0 saturated carbocycles. The molecule has 1 N–H and O–H groups in total. The van der Waals surface area contributed by atoms with Crippen LogP contribution in [0.15, 0.2) is 40.9 Å². The summed E-state index contributed by atoms with van der Waals surface area (Å²) in [7, 11) is 0. The molecule has 1 aromatic heterocycles. The molecule has 1 atom stereocenters. The lowest BCUT2D eigenvalue weighted by Gasteiger charge is -2.09. The van der Waals surface area contributed by atoms with Gasteiger partial charge in [-0.2, -0.15) is 0 Å². The second-order valence-electron chi connectivity index (χ2n) is 3.86. The van der Waals surface area contributed by atoms with E-state index in [0.717, 1.165) is 5.56 Å². The largest absolute Gasteiger partial charge is 0.476 e. The maximum atomic E-state index is 10.7. The molecule has 0 aliphatic heterocycles. The predicted molar refractivity (Wildman–Crippen MR) is 63.1 cm³/mol. The summed E-state index contributed by atoms with van der Waals surface area (Å²) in [4.78, 5) is 10.7. The number of aromatic carboxylic acids is 1. The van der Waals surface area contributed by atoms with Crippen LogP contribution in [0.4, 0.5) is 0 Å². The molecule has 0 amide bonds. The van der Waals surface area contributed by atoms with Crippen LogP contribution in [0.5, 0.6) is 0 Å². The van der Waals surface area contributed by atoms with Gasteiger partial charge in [0.2, 0.25) is 0 Å². The van der Waals surface area contributed by atoms with E-state index in [-0.39, 0.29) is 11.8 Å². The molecule has 2 rings (SSSR count). The summed E-state index contributed by atoms with van der Waals surface area (Å²) >= 11 is 0. The molecule has 0 bridgehead atoms. The molecule has 1 heterocycles. The number of ether oxygens (including phenoxy) is 1. The van der Waals surface area contributed by atoms with Gasteiger partial charge < -0.3 is 14.4 Å². The molecule has 2 aromatic rings. The van der Waals surface area contributed by atoms with Gasteiger partial charge in [-0.3, -0.25) is 0 Å². The Morgan fingerprint density at radius 2 is 2.17 bits per heavy atom. The summed E-state index contributed by atoms with van der Waals surface area (Å²) < 4.78 is 10.5. The highest BCUT2D eigenvalue weighted by Crippen LogP contribution is 2.19. The molecule has 5 heteroatoms. The Balaban J connectivity index is 1.95. The van der Waals surface area contributed by atoms with Gasteiger partial charge in [-0.1, -0.05) is 35.5 Å². The van der Waals surface area contributed by atoms with E-state index in [1.54, 1.807) is 6.92 Å². The van der Waals surface area contributed by atoms with Crippen molar-refractivity contribution in [2.24, 2.45) is 0 Å². The van der Waals surface area contributed by atoms with E-state index in [4.69, 9.17) is 14.4 Å². The van der Waals surface area contributed by atoms with Gasteiger partial charge >= 0.3 is 5.97 Å². The van der Waals surface area contributed by atoms with Gasteiger partial charge in [0.15, 0.2) is 11.5 Å². The van der Waals surface area contributed by atoms with E-state index >= 15 is 0 Å². The summed E-state index contributed by atoms with van der Waals surface area (Å²) in [6, 6.07) is 11.1. The monoisotopic (exact) mass is 247 g/mol. The summed E-state index contributed by atoms with van der Waals surface area (Å²) in [6.45, 7) is 2.22. The Kier molecular flexibility index (Phi) is 3.74. The zero-order chi connectivity index (χ0) is 13.0. The van der Waals surface area contributed by atoms with Crippen molar-refractivity contribution >= 4 is 5.97 Å². The zero-order valence-electron chi connectivity index (χ0n) is 9.87. The first-order valence-electron chi connectivity index (χ1n) is 5.52. The average molecular weight is 247 g/mol. The highest BCUT2D eigenvalue weighted by Gasteiger charge is 2.16. The van der Waals surface area contributed by atoms with Crippen molar-refractivity contribution in [1.82, 2.24) is 5.16 Å². The third-order valence-corrected chi connectivity index (χ3v) is 2.49. The van der Waals surface area contributed by atoms with Gasteiger partial charge in [0.1, 0.15) is 6.10 Å². The van der Waals surface area contributed by atoms with E-state index in [9.17, 15) is 4.79 Å². The minimum absolute atomic E-state index is 0.111. The van der Waals surface area contributed by atoms with Gasteiger partial charge in [0.05, 0.1) is 6.61 Å². The van der Waals surface area contributed by atoms with Crippen molar-refractivity contribution in [2.45, 2.75) is 19.6 Å². The molecule has 94 valence electrons. The lowest BCUT2D eigenvalue weighted by molar-refractivity contribution is 0.0341. The Morgan fingerprint density at radius 3 is 2.78 bits per heavy atom. The van der Waals surface area contributed by atoms with Crippen LogP contribution in [0.25, 0.3) is 0 Å². The summed E-state index contributed by atoms with van der Waals surface area (Å²) in [5.41, 5.74) is 0.933. The molecular weight excluding hydrogens is 234 g/mol. The molecule has 1 aromatic carbocycles. The second-order valence-corrected chi connectivity index (χ2v) is 3.86. The van der Waals surface area contributed by atoms with Crippen molar-refractivity contribution < 1.29 is 19.2 Å². The molecular formula is C13H13NO4. The number of carboxylic acids is 1. The highest BCUT2D eigenvalue weighted by molar-refractivity contribution is 5.85. The standard InChI is InChI=1S/C13H13NO4/c1-9(12-7-11(13(15)16)14-18-12)17-8-10-5-3-2-4-6-10/h2-7,9H,8H2,1H3,(H,15,16). The molecule has 0 saturated heterocycles. The molecule has 0 radical (unpaired) electrons. The Hall–Kier alpha value is -2.14. The number of carboxylic acid groups (broad SMARTS) is 1. The van der Waals surface area contributed by atoms with Gasteiger partial charge in [-0.15, -0.1) is 0 Å². The quantitative estimate of drug-likeness (QED) is 0.879. The van der Waals surface area contributed by atoms with Crippen molar-refractivity contribution in [3.63, 3.8) is 0 Å². The van der Waals surface area contributed by atoms with Crippen LogP contribution < -0.4 is 0 Å². The number of rotatable bonds is 5. The van der Waals surface area contributed by atoms with Crippen LogP contribution >= 0.6 is 0 Å². The van der Waals surface area contributed by atoms with Crippen molar-refractivity contribution in [3.8, 4) is 0 Å². The summed E-state index contributed by atoms with van der Waals surface area (Å²) in [5, 5.41) is 12.2. The lowest BCUT2D eigenvalue weighted by Crippen LogP contribution is -1.99. The van der Waals surface area contributed by atoms with Crippen LogP contribution in [0.2, 0.25) is 0 Å².